The van der Waals surface area contributed by atoms with Crippen molar-refractivity contribution in [2.45, 2.75) is 6.42 Å². The van der Waals surface area contributed by atoms with Gasteiger partial charge in [-0.15, -0.1) is 36.8 Å². The molecule has 0 aromatic heterocycles. The molecule has 0 atom stereocenters. The Morgan fingerprint density at radius 3 is 2.14 bits per heavy atom. The summed E-state index contributed by atoms with van der Waals surface area (Å²) in [5, 5.41) is 0. The summed E-state index contributed by atoms with van der Waals surface area (Å²) in [6, 6.07) is 10.4. The molecule has 1 aliphatic rings. The van der Waals surface area contributed by atoms with E-state index < -0.39 is 0 Å². The average Bonchev–Trinajstić information content (AvgIpc) is 2.58. The van der Waals surface area contributed by atoms with Crippen molar-refractivity contribution in [1.82, 2.24) is 0 Å². The Kier molecular flexibility index (Phi) is 10.0. The summed E-state index contributed by atoms with van der Waals surface area (Å²) in [4.78, 5) is 0. The van der Waals surface area contributed by atoms with Gasteiger partial charge >= 0.3 is 0 Å². The normalized spacial score (nSPS) is 11.9. The zero-order valence-corrected chi connectivity index (χ0v) is 12.8. The second kappa shape index (κ2) is 8.46. The smallest absolute Gasteiger partial charge is 0 e. The Bertz CT molecular complexity index is 304. The minimum Gasteiger partial charge on any atom is -0.272 e. The van der Waals surface area contributed by atoms with Crippen LogP contribution in [0.4, 0.5) is 0 Å². The minimum atomic E-state index is 0. The number of halogens is 2. The average molecular weight is 393 g/mol. The van der Waals surface area contributed by atoms with Crippen LogP contribution in [0.5, 0.6) is 0 Å². The topological polar surface area (TPSA) is 0 Å². The molecule has 0 saturated carbocycles. The third-order valence-corrected chi connectivity index (χ3v) is 1.80. The van der Waals surface area contributed by atoms with E-state index in [1.165, 1.54) is 11.1 Å². The Balaban J connectivity index is 0. The molecule has 1 aliphatic carbocycles. The molecule has 0 heterocycles. The van der Waals surface area contributed by atoms with Crippen molar-refractivity contribution >= 4 is 30.4 Å². The molecule has 0 aliphatic heterocycles. The van der Waals surface area contributed by atoms with Gasteiger partial charge in [0.15, 0.2) is 0 Å². The van der Waals surface area contributed by atoms with Gasteiger partial charge in [-0.3, -0.25) is 6.08 Å². The molecule has 1 aromatic rings. The van der Waals surface area contributed by atoms with Gasteiger partial charge in [-0.2, -0.15) is 11.6 Å². The van der Waals surface area contributed by atoms with E-state index in [4.69, 9.17) is 0 Å². The van der Waals surface area contributed by atoms with Crippen LogP contribution in [0.25, 0.3) is 5.57 Å². The summed E-state index contributed by atoms with van der Waals surface area (Å²) >= 11 is 0. The summed E-state index contributed by atoms with van der Waals surface area (Å²) in [5.74, 6) is 0. The fourth-order valence-corrected chi connectivity index (χ4v) is 1.23. The van der Waals surface area contributed by atoms with Gasteiger partial charge in [0.05, 0.1) is 0 Å². The van der Waals surface area contributed by atoms with Crippen molar-refractivity contribution in [3.63, 3.8) is 0 Å². The third kappa shape index (κ3) is 4.12. The first-order valence-corrected chi connectivity index (χ1v) is 3.79. The maximum atomic E-state index is 3.15. The number of hydrogen-bond acceptors (Lipinski definition) is 0. The van der Waals surface area contributed by atoms with Crippen molar-refractivity contribution < 1.29 is 25.8 Å². The predicted octanol–water partition coefficient (Wildman–Crippen LogP) is 3.67. The molecule has 0 bridgehead atoms. The molecule has 0 saturated heterocycles. The molecule has 0 radical (unpaired) electrons. The minimum absolute atomic E-state index is 0. The van der Waals surface area contributed by atoms with Gasteiger partial charge in [0.2, 0.25) is 0 Å². The summed E-state index contributed by atoms with van der Waals surface area (Å²) in [6.45, 7) is 0. The first kappa shape index (κ1) is 16.6. The van der Waals surface area contributed by atoms with E-state index in [0.29, 0.717) is 0 Å². The Hall–Kier alpha value is 0.150. The van der Waals surface area contributed by atoms with Crippen LogP contribution in [-0.4, -0.2) is 0 Å². The van der Waals surface area contributed by atoms with Crippen molar-refractivity contribution in [1.29, 1.82) is 0 Å². The second-order valence-corrected chi connectivity index (χ2v) is 2.58. The number of allylic oxidation sites excluding steroid dienone is 4. The maximum Gasteiger partial charge on any atom is 0 e. The van der Waals surface area contributed by atoms with Gasteiger partial charge in [0.25, 0.3) is 0 Å². The molecular formula is C11H11Cl2Hf-. The standard InChI is InChI=1S/C11H9.2ClH.Hf/c1-2-6-10(7-3-1)11-8-4-5-9-11;;;/h1-3,6-9H,4H2;2*1H;/q-1;;;. The molecule has 1 aromatic carbocycles. The van der Waals surface area contributed by atoms with Crippen molar-refractivity contribution in [3.05, 3.63) is 54.1 Å². The monoisotopic (exact) mass is 393 g/mol. The molecule has 3 heteroatoms. The fourth-order valence-electron chi connectivity index (χ4n) is 1.23. The molecule has 0 spiro atoms. The van der Waals surface area contributed by atoms with E-state index in [-0.39, 0.29) is 50.7 Å². The van der Waals surface area contributed by atoms with Gasteiger partial charge < -0.3 is 0 Å². The molecule has 0 unspecified atom stereocenters. The second-order valence-electron chi connectivity index (χ2n) is 2.58. The van der Waals surface area contributed by atoms with Gasteiger partial charge in [-0.25, -0.2) is 6.08 Å². The van der Waals surface area contributed by atoms with Crippen molar-refractivity contribution in [2.75, 3.05) is 0 Å². The van der Waals surface area contributed by atoms with E-state index in [9.17, 15) is 0 Å². The number of benzene rings is 1. The van der Waals surface area contributed by atoms with Gasteiger partial charge in [0, 0.05) is 25.8 Å². The Morgan fingerprint density at radius 2 is 1.64 bits per heavy atom. The number of rotatable bonds is 1. The van der Waals surface area contributed by atoms with Crippen LogP contribution >= 0.6 is 24.8 Å². The molecule has 0 nitrogen and oxygen atoms in total. The Morgan fingerprint density at radius 1 is 1.00 bits per heavy atom. The fraction of sp³-hybridized carbons (Fsp3) is 0.0909. The van der Waals surface area contributed by atoms with E-state index >= 15 is 0 Å². The molecule has 0 fully saturated rings. The van der Waals surface area contributed by atoms with Crippen LogP contribution in [0, 0.1) is 6.08 Å². The maximum absolute atomic E-state index is 3.15. The summed E-state index contributed by atoms with van der Waals surface area (Å²) in [6.07, 6.45) is 8.36. The van der Waals surface area contributed by atoms with Gasteiger partial charge in [-0.1, -0.05) is 30.3 Å². The molecular weight excluding hydrogens is 382 g/mol. The van der Waals surface area contributed by atoms with E-state index in [0.717, 1.165) is 6.42 Å². The summed E-state index contributed by atoms with van der Waals surface area (Å²) < 4.78 is 0. The van der Waals surface area contributed by atoms with Gasteiger partial charge in [0.1, 0.15) is 0 Å². The van der Waals surface area contributed by atoms with E-state index in [2.05, 4.69) is 42.5 Å². The Labute approximate surface area is 116 Å². The van der Waals surface area contributed by atoms with Crippen LogP contribution in [0.2, 0.25) is 0 Å². The first-order chi connectivity index (χ1) is 5.47. The summed E-state index contributed by atoms with van der Waals surface area (Å²) in [7, 11) is 0. The molecule has 74 valence electrons. The predicted molar refractivity (Wildman–Crippen MR) is 61.3 cm³/mol. The van der Waals surface area contributed by atoms with Crippen LogP contribution in [0.15, 0.2) is 42.5 Å². The van der Waals surface area contributed by atoms with E-state index in [1.54, 1.807) is 0 Å². The van der Waals surface area contributed by atoms with Crippen molar-refractivity contribution in [2.24, 2.45) is 0 Å². The third-order valence-electron chi connectivity index (χ3n) is 1.80. The quantitative estimate of drug-likeness (QED) is 0.505. The molecule has 2 rings (SSSR count). The van der Waals surface area contributed by atoms with Crippen LogP contribution < -0.4 is 0 Å². The summed E-state index contributed by atoms with van der Waals surface area (Å²) in [5.41, 5.74) is 2.59. The SMILES string of the molecule is Cl.Cl.[C-]1=CC(c2ccccc2)=CC1.[Hf]. The van der Waals surface area contributed by atoms with Crippen LogP contribution in [-0.2, 0) is 25.8 Å². The van der Waals surface area contributed by atoms with Crippen LogP contribution in [0.1, 0.15) is 12.0 Å². The molecule has 0 N–H and O–H groups in total. The largest absolute Gasteiger partial charge is 0.272 e. The number of hydrogen-bond donors (Lipinski definition) is 0. The van der Waals surface area contributed by atoms with E-state index in [1.807, 2.05) is 6.07 Å². The zero-order chi connectivity index (χ0) is 7.52. The molecule has 14 heavy (non-hydrogen) atoms. The van der Waals surface area contributed by atoms with Crippen molar-refractivity contribution in [3.8, 4) is 0 Å². The van der Waals surface area contributed by atoms with Crippen LogP contribution in [0.3, 0.4) is 0 Å². The van der Waals surface area contributed by atoms with Gasteiger partial charge in [-0.05, 0) is 0 Å². The zero-order valence-electron chi connectivity index (χ0n) is 7.57. The molecule has 0 amide bonds. The first-order valence-electron chi connectivity index (χ1n) is 3.79.